The Morgan fingerprint density at radius 1 is 1.35 bits per heavy atom. The standard InChI is InChI=1S/C17H22O2S/c1-2-12-6-5-7-13(10-12)17(18)15-11-20-16-9-4-3-8-14(16)19-15/h3-4,8-9,12-13,15H,2,5-7,10-11H2,1H3. The van der Waals surface area contributed by atoms with Crippen LogP contribution in [0.3, 0.4) is 0 Å². The highest BCUT2D eigenvalue weighted by atomic mass is 32.2. The number of rotatable bonds is 3. The van der Waals surface area contributed by atoms with Crippen molar-refractivity contribution >= 4 is 17.5 Å². The number of benzene rings is 1. The van der Waals surface area contributed by atoms with Gasteiger partial charge in [0.2, 0.25) is 0 Å². The van der Waals surface area contributed by atoms with Crippen molar-refractivity contribution in [3.8, 4) is 5.75 Å². The second-order valence-corrected chi connectivity index (χ2v) is 6.97. The zero-order valence-corrected chi connectivity index (χ0v) is 12.8. The van der Waals surface area contributed by atoms with Crippen molar-refractivity contribution in [1.82, 2.24) is 0 Å². The molecule has 0 N–H and O–H groups in total. The number of carbonyl (C=O) groups excluding carboxylic acids is 1. The molecule has 3 rings (SSSR count). The number of fused-ring (bicyclic) bond motifs is 1. The molecule has 2 nitrogen and oxygen atoms in total. The lowest BCUT2D eigenvalue weighted by molar-refractivity contribution is -0.130. The average Bonchev–Trinajstić information content (AvgIpc) is 2.53. The van der Waals surface area contributed by atoms with E-state index in [1.807, 2.05) is 18.2 Å². The molecular formula is C17H22O2S. The summed E-state index contributed by atoms with van der Waals surface area (Å²) in [6, 6.07) is 8.02. The number of hydrogen-bond donors (Lipinski definition) is 0. The summed E-state index contributed by atoms with van der Waals surface area (Å²) in [5.74, 6) is 2.95. The minimum absolute atomic E-state index is 0.226. The van der Waals surface area contributed by atoms with Crippen LogP contribution in [-0.2, 0) is 4.79 Å². The molecule has 0 saturated heterocycles. The zero-order valence-electron chi connectivity index (χ0n) is 12.0. The van der Waals surface area contributed by atoms with Gasteiger partial charge in [0, 0.05) is 16.6 Å². The molecule has 1 saturated carbocycles. The largest absolute Gasteiger partial charge is 0.481 e. The van der Waals surface area contributed by atoms with Gasteiger partial charge in [-0.2, -0.15) is 0 Å². The first-order valence-electron chi connectivity index (χ1n) is 7.70. The fraction of sp³-hybridized carbons (Fsp3) is 0.588. The maximum Gasteiger partial charge on any atom is 0.177 e. The minimum Gasteiger partial charge on any atom is -0.481 e. The van der Waals surface area contributed by atoms with Crippen LogP contribution < -0.4 is 4.74 Å². The zero-order chi connectivity index (χ0) is 13.9. The third-order valence-electron chi connectivity index (χ3n) is 4.59. The van der Waals surface area contributed by atoms with Crippen molar-refractivity contribution < 1.29 is 9.53 Å². The molecule has 1 aliphatic carbocycles. The first-order valence-corrected chi connectivity index (χ1v) is 8.68. The Morgan fingerprint density at radius 2 is 2.20 bits per heavy atom. The van der Waals surface area contributed by atoms with E-state index in [4.69, 9.17) is 4.74 Å². The van der Waals surface area contributed by atoms with Crippen LogP contribution in [-0.4, -0.2) is 17.6 Å². The van der Waals surface area contributed by atoms with Crippen LogP contribution in [0, 0.1) is 11.8 Å². The van der Waals surface area contributed by atoms with E-state index in [9.17, 15) is 4.79 Å². The molecule has 3 heteroatoms. The predicted molar refractivity (Wildman–Crippen MR) is 82.3 cm³/mol. The predicted octanol–water partition coefficient (Wildman–Crippen LogP) is 4.33. The normalized spacial score (nSPS) is 29.4. The van der Waals surface area contributed by atoms with E-state index in [1.54, 1.807) is 11.8 Å². The third-order valence-corrected chi connectivity index (χ3v) is 5.71. The number of carbonyl (C=O) groups is 1. The average molecular weight is 290 g/mol. The van der Waals surface area contributed by atoms with Gasteiger partial charge >= 0.3 is 0 Å². The van der Waals surface area contributed by atoms with Crippen molar-refractivity contribution in [3.63, 3.8) is 0 Å². The second kappa shape index (κ2) is 6.21. The van der Waals surface area contributed by atoms with E-state index in [0.29, 0.717) is 5.78 Å². The van der Waals surface area contributed by atoms with Gasteiger partial charge in [0.1, 0.15) is 5.75 Å². The molecule has 20 heavy (non-hydrogen) atoms. The SMILES string of the molecule is CCC1CCCC(C(=O)C2CSc3ccccc3O2)C1. The summed E-state index contributed by atoms with van der Waals surface area (Å²) in [5, 5.41) is 0. The van der Waals surface area contributed by atoms with Crippen molar-refractivity contribution in [3.05, 3.63) is 24.3 Å². The van der Waals surface area contributed by atoms with Gasteiger partial charge in [-0.25, -0.2) is 0 Å². The molecule has 0 spiro atoms. The van der Waals surface area contributed by atoms with Crippen LogP contribution in [0.15, 0.2) is 29.2 Å². The van der Waals surface area contributed by atoms with Gasteiger partial charge in [-0.1, -0.05) is 38.3 Å². The monoisotopic (exact) mass is 290 g/mol. The lowest BCUT2D eigenvalue weighted by atomic mass is 9.77. The first-order chi connectivity index (χ1) is 9.78. The molecule has 0 bridgehead atoms. The number of ketones is 1. The Morgan fingerprint density at radius 3 is 3.05 bits per heavy atom. The molecule has 1 aromatic carbocycles. The van der Waals surface area contributed by atoms with Crippen molar-refractivity contribution in [2.75, 3.05) is 5.75 Å². The summed E-state index contributed by atoms with van der Waals surface area (Å²) in [6.45, 7) is 2.24. The quantitative estimate of drug-likeness (QED) is 0.829. The number of thioether (sulfide) groups is 1. The van der Waals surface area contributed by atoms with Crippen molar-refractivity contribution in [2.45, 2.75) is 50.0 Å². The number of hydrogen-bond acceptors (Lipinski definition) is 3. The third kappa shape index (κ3) is 2.88. The van der Waals surface area contributed by atoms with Crippen LogP contribution in [0.2, 0.25) is 0 Å². The van der Waals surface area contributed by atoms with Crippen LogP contribution in [0.5, 0.6) is 5.75 Å². The molecule has 3 atom stereocenters. The fourth-order valence-corrected chi connectivity index (χ4v) is 4.34. The fourth-order valence-electron chi connectivity index (χ4n) is 3.34. The highest BCUT2D eigenvalue weighted by Gasteiger charge is 2.34. The molecular weight excluding hydrogens is 268 g/mol. The highest BCUT2D eigenvalue weighted by molar-refractivity contribution is 7.99. The topological polar surface area (TPSA) is 26.3 Å². The van der Waals surface area contributed by atoms with Gasteiger partial charge in [-0.15, -0.1) is 11.8 Å². The molecule has 0 radical (unpaired) electrons. The lowest BCUT2D eigenvalue weighted by Crippen LogP contribution is -2.38. The van der Waals surface area contributed by atoms with Gasteiger partial charge in [0.25, 0.3) is 0 Å². The molecule has 1 heterocycles. The molecule has 2 aliphatic rings. The lowest BCUT2D eigenvalue weighted by Gasteiger charge is -2.32. The first kappa shape index (κ1) is 14.0. The Hall–Kier alpha value is -0.960. The van der Waals surface area contributed by atoms with Crippen molar-refractivity contribution in [2.24, 2.45) is 11.8 Å². The van der Waals surface area contributed by atoms with E-state index in [1.165, 1.54) is 19.3 Å². The van der Waals surface area contributed by atoms with Crippen LogP contribution in [0.1, 0.15) is 39.0 Å². The van der Waals surface area contributed by atoms with Gasteiger partial charge < -0.3 is 4.74 Å². The van der Waals surface area contributed by atoms with Crippen LogP contribution in [0.4, 0.5) is 0 Å². The second-order valence-electron chi connectivity index (χ2n) is 5.90. The van der Waals surface area contributed by atoms with E-state index in [0.717, 1.165) is 35.2 Å². The summed E-state index contributed by atoms with van der Waals surface area (Å²) in [4.78, 5) is 13.8. The Balaban J connectivity index is 1.67. The summed E-state index contributed by atoms with van der Waals surface area (Å²) in [5.41, 5.74) is 0. The molecule has 3 unspecified atom stereocenters. The summed E-state index contributed by atoms with van der Waals surface area (Å²) >= 11 is 1.75. The molecule has 0 amide bonds. The Bertz CT molecular complexity index is 486. The van der Waals surface area contributed by atoms with Gasteiger partial charge in [-0.3, -0.25) is 4.79 Å². The summed E-state index contributed by atoms with van der Waals surface area (Å²) in [6.07, 6.45) is 5.58. The summed E-state index contributed by atoms with van der Waals surface area (Å²) in [7, 11) is 0. The smallest absolute Gasteiger partial charge is 0.177 e. The maximum atomic E-state index is 12.7. The van der Waals surface area contributed by atoms with Gasteiger partial charge in [0.05, 0.1) is 0 Å². The van der Waals surface area contributed by atoms with Gasteiger partial charge in [-0.05, 0) is 30.9 Å². The number of ether oxygens (including phenoxy) is 1. The molecule has 1 fully saturated rings. The van der Waals surface area contributed by atoms with E-state index in [-0.39, 0.29) is 12.0 Å². The minimum atomic E-state index is -0.240. The summed E-state index contributed by atoms with van der Waals surface area (Å²) < 4.78 is 5.95. The molecule has 1 aromatic rings. The van der Waals surface area contributed by atoms with Crippen molar-refractivity contribution in [1.29, 1.82) is 0 Å². The molecule has 0 aromatic heterocycles. The van der Waals surface area contributed by atoms with E-state index >= 15 is 0 Å². The Labute approximate surface area is 125 Å². The number of para-hydroxylation sites is 1. The number of Topliss-reactive ketones (excluding diaryl/α,β-unsaturated/α-hetero) is 1. The van der Waals surface area contributed by atoms with Crippen LogP contribution in [0.25, 0.3) is 0 Å². The Kier molecular flexibility index (Phi) is 4.35. The maximum absolute atomic E-state index is 12.7. The van der Waals surface area contributed by atoms with E-state index < -0.39 is 0 Å². The van der Waals surface area contributed by atoms with Gasteiger partial charge in [0.15, 0.2) is 11.9 Å². The molecule has 108 valence electrons. The molecule has 1 aliphatic heterocycles. The highest BCUT2D eigenvalue weighted by Crippen LogP contribution is 2.38. The van der Waals surface area contributed by atoms with E-state index in [2.05, 4.69) is 13.0 Å². The van der Waals surface area contributed by atoms with Crippen LogP contribution >= 0.6 is 11.8 Å².